The summed E-state index contributed by atoms with van der Waals surface area (Å²) in [5.74, 6) is 0.874. The Morgan fingerprint density at radius 3 is 2.31 bits per heavy atom. The number of ketones is 1. The Labute approximate surface area is 152 Å². The maximum Gasteiger partial charge on any atom is 0.225 e. The highest BCUT2D eigenvalue weighted by Gasteiger charge is 2.38. The number of allylic oxidation sites excluding steroid dienone is 2. The van der Waals surface area contributed by atoms with Gasteiger partial charge in [0, 0.05) is 30.0 Å². The molecular formula is C22H21NO3. The van der Waals surface area contributed by atoms with Crippen molar-refractivity contribution >= 4 is 11.7 Å². The van der Waals surface area contributed by atoms with E-state index in [2.05, 4.69) is 5.32 Å². The predicted molar refractivity (Wildman–Crippen MR) is 98.9 cm³/mol. The van der Waals surface area contributed by atoms with E-state index in [0.29, 0.717) is 19.3 Å². The zero-order valence-corrected chi connectivity index (χ0v) is 14.7. The van der Waals surface area contributed by atoms with Gasteiger partial charge in [-0.1, -0.05) is 42.5 Å². The van der Waals surface area contributed by atoms with Crippen molar-refractivity contribution in [2.45, 2.75) is 31.1 Å². The highest BCUT2D eigenvalue weighted by Crippen LogP contribution is 2.42. The van der Waals surface area contributed by atoms with Crippen LogP contribution < -0.4 is 10.1 Å². The minimum atomic E-state index is -0.135. The largest absolute Gasteiger partial charge is 0.497 e. The van der Waals surface area contributed by atoms with Crippen molar-refractivity contribution in [3.63, 3.8) is 0 Å². The van der Waals surface area contributed by atoms with Crippen LogP contribution in [-0.2, 0) is 9.59 Å². The normalized spacial score (nSPS) is 22.7. The molecule has 26 heavy (non-hydrogen) atoms. The molecule has 0 saturated carbocycles. The van der Waals surface area contributed by atoms with E-state index in [9.17, 15) is 9.59 Å². The summed E-state index contributed by atoms with van der Waals surface area (Å²) in [7, 11) is 1.64. The summed E-state index contributed by atoms with van der Waals surface area (Å²) < 4.78 is 5.21. The number of amides is 1. The molecule has 4 nitrogen and oxygen atoms in total. The number of hydrogen-bond donors (Lipinski definition) is 1. The number of methoxy groups -OCH3 is 1. The van der Waals surface area contributed by atoms with Crippen LogP contribution in [0.3, 0.4) is 0 Å². The van der Waals surface area contributed by atoms with Crippen LogP contribution in [0.5, 0.6) is 5.75 Å². The summed E-state index contributed by atoms with van der Waals surface area (Å²) in [6, 6.07) is 17.7. The third-order valence-corrected chi connectivity index (χ3v) is 5.33. The Bertz CT molecular complexity index is 868. The Balaban J connectivity index is 1.67. The van der Waals surface area contributed by atoms with Gasteiger partial charge in [-0.2, -0.15) is 0 Å². The third-order valence-electron chi connectivity index (χ3n) is 5.33. The third kappa shape index (κ3) is 3.03. The van der Waals surface area contributed by atoms with Gasteiger partial charge in [-0.15, -0.1) is 0 Å². The number of Topliss-reactive ketones (excluding diaryl/α,β-unsaturated/α-hetero) is 1. The molecule has 0 bridgehead atoms. The Kier molecular flexibility index (Phi) is 4.33. The van der Waals surface area contributed by atoms with Gasteiger partial charge in [-0.3, -0.25) is 9.59 Å². The summed E-state index contributed by atoms with van der Waals surface area (Å²) >= 11 is 0. The summed E-state index contributed by atoms with van der Waals surface area (Å²) in [4.78, 5) is 25.3. The van der Waals surface area contributed by atoms with Gasteiger partial charge in [0.15, 0.2) is 5.78 Å². The first-order chi connectivity index (χ1) is 12.7. The number of carbonyl (C=O) groups is 2. The number of nitrogens with one attached hydrogen (secondary N) is 1. The first-order valence-corrected chi connectivity index (χ1v) is 8.90. The van der Waals surface area contributed by atoms with Crippen molar-refractivity contribution in [3.8, 4) is 5.75 Å². The standard InChI is InChI=1S/C22H21NO3/c1-26-17-9-7-14(8-10-17)16-11-19-22(20(24)12-16)18(13-21(25)23-19)15-5-3-2-4-6-15/h2-10,16,18H,11-13H2,1H3,(H,23,25)/t16-,18-/m0/s1. The highest BCUT2D eigenvalue weighted by molar-refractivity contribution is 6.02. The average molecular weight is 347 g/mol. The first-order valence-electron chi connectivity index (χ1n) is 8.90. The molecule has 0 unspecified atom stereocenters. The van der Waals surface area contributed by atoms with Crippen LogP contribution in [0.1, 0.15) is 42.2 Å². The van der Waals surface area contributed by atoms with Gasteiger partial charge in [-0.25, -0.2) is 0 Å². The fourth-order valence-electron chi connectivity index (χ4n) is 4.04. The van der Waals surface area contributed by atoms with E-state index in [0.717, 1.165) is 28.1 Å². The lowest BCUT2D eigenvalue weighted by molar-refractivity contribution is -0.122. The van der Waals surface area contributed by atoms with E-state index < -0.39 is 0 Å². The van der Waals surface area contributed by atoms with E-state index >= 15 is 0 Å². The molecule has 2 atom stereocenters. The molecule has 1 aliphatic heterocycles. The van der Waals surface area contributed by atoms with Gasteiger partial charge in [0.25, 0.3) is 0 Å². The molecule has 1 N–H and O–H groups in total. The Morgan fingerprint density at radius 1 is 0.885 bits per heavy atom. The van der Waals surface area contributed by atoms with Crippen LogP contribution >= 0.6 is 0 Å². The van der Waals surface area contributed by atoms with Crippen LogP contribution in [0.2, 0.25) is 0 Å². The van der Waals surface area contributed by atoms with Crippen LogP contribution in [-0.4, -0.2) is 18.8 Å². The van der Waals surface area contributed by atoms with Crippen LogP contribution in [0.25, 0.3) is 0 Å². The van der Waals surface area contributed by atoms with Gasteiger partial charge in [0.2, 0.25) is 5.91 Å². The molecular weight excluding hydrogens is 326 g/mol. The molecule has 0 radical (unpaired) electrons. The molecule has 2 aromatic rings. The van der Waals surface area contributed by atoms with Crippen molar-refractivity contribution in [3.05, 3.63) is 77.0 Å². The number of benzene rings is 2. The molecule has 1 amide bonds. The zero-order valence-electron chi connectivity index (χ0n) is 14.7. The van der Waals surface area contributed by atoms with Crippen molar-refractivity contribution in [2.24, 2.45) is 0 Å². The van der Waals surface area contributed by atoms with Gasteiger partial charge in [-0.05, 0) is 35.6 Å². The van der Waals surface area contributed by atoms with Gasteiger partial charge in [0.1, 0.15) is 5.75 Å². The van der Waals surface area contributed by atoms with Gasteiger partial charge in [0.05, 0.1) is 7.11 Å². The molecule has 2 aromatic carbocycles. The Morgan fingerprint density at radius 2 is 1.62 bits per heavy atom. The quantitative estimate of drug-likeness (QED) is 0.921. The topological polar surface area (TPSA) is 55.4 Å². The Hall–Kier alpha value is -2.88. The first kappa shape index (κ1) is 16.6. The van der Waals surface area contributed by atoms with E-state index in [1.807, 2.05) is 54.6 Å². The fourth-order valence-corrected chi connectivity index (χ4v) is 4.04. The minimum Gasteiger partial charge on any atom is -0.497 e. The molecule has 0 spiro atoms. The second-order valence-corrected chi connectivity index (χ2v) is 6.91. The molecule has 0 aromatic heterocycles. The lowest BCUT2D eigenvalue weighted by atomic mass is 9.73. The van der Waals surface area contributed by atoms with E-state index in [4.69, 9.17) is 4.74 Å². The van der Waals surface area contributed by atoms with Crippen molar-refractivity contribution < 1.29 is 14.3 Å². The minimum absolute atomic E-state index is 0.0132. The molecule has 4 heteroatoms. The number of ether oxygens (including phenoxy) is 1. The van der Waals surface area contributed by atoms with Crippen molar-refractivity contribution in [2.75, 3.05) is 7.11 Å². The van der Waals surface area contributed by atoms with E-state index in [-0.39, 0.29) is 23.5 Å². The number of carbonyl (C=O) groups excluding carboxylic acids is 2. The van der Waals surface area contributed by atoms with Crippen LogP contribution in [0.4, 0.5) is 0 Å². The molecule has 1 heterocycles. The molecule has 0 fully saturated rings. The van der Waals surface area contributed by atoms with E-state index in [1.165, 1.54) is 0 Å². The lowest BCUT2D eigenvalue weighted by Gasteiger charge is -2.34. The summed E-state index contributed by atoms with van der Waals surface area (Å²) in [6.45, 7) is 0. The van der Waals surface area contributed by atoms with Crippen molar-refractivity contribution in [1.82, 2.24) is 5.32 Å². The molecule has 132 valence electrons. The van der Waals surface area contributed by atoms with Gasteiger partial charge < -0.3 is 10.1 Å². The second-order valence-electron chi connectivity index (χ2n) is 6.91. The lowest BCUT2D eigenvalue weighted by Crippen LogP contribution is -2.38. The van der Waals surface area contributed by atoms with Crippen LogP contribution in [0, 0.1) is 0 Å². The summed E-state index contributed by atoms with van der Waals surface area (Å²) in [6.07, 6.45) is 1.49. The number of rotatable bonds is 3. The van der Waals surface area contributed by atoms with E-state index in [1.54, 1.807) is 7.11 Å². The molecule has 4 rings (SSSR count). The second kappa shape index (κ2) is 6.79. The highest BCUT2D eigenvalue weighted by atomic mass is 16.5. The number of hydrogen-bond acceptors (Lipinski definition) is 3. The predicted octanol–water partition coefficient (Wildman–Crippen LogP) is 3.70. The summed E-state index contributed by atoms with van der Waals surface area (Å²) in [5, 5.41) is 2.97. The summed E-state index contributed by atoms with van der Waals surface area (Å²) in [5.41, 5.74) is 3.72. The fraction of sp³-hybridized carbons (Fsp3) is 0.273. The zero-order chi connectivity index (χ0) is 18.1. The van der Waals surface area contributed by atoms with Crippen molar-refractivity contribution in [1.29, 1.82) is 0 Å². The molecule has 1 aliphatic carbocycles. The average Bonchev–Trinajstić information content (AvgIpc) is 2.67. The molecule has 0 saturated heterocycles. The maximum absolute atomic E-state index is 13.0. The van der Waals surface area contributed by atoms with Gasteiger partial charge >= 0.3 is 0 Å². The maximum atomic E-state index is 13.0. The van der Waals surface area contributed by atoms with Crippen LogP contribution in [0.15, 0.2) is 65.9 Å². The smallest absolute Gasteiger partial charge is 0.225 e. The monoisotopic (exact) mass is 347 g/mol. The molecule has 2 aliphatic rings. The SMILES string of the molecule is COc1ccc([C@@H]2CC(=O)C3=C(C2)NC(=O)C[C@H]3c2ccccc2)cc1.